The Morgan fingerprint density at radius 1 is 1.09 bits per heavy atom. The van der Waals surface area contributed by atoms with Crippen LogP contribution in [0.2, 0.25) is 0 Å². The third kappa shape index (κ3) is 4.13. The van der Waals surface area contributed by atoms with Crippen LogP contribution in [0.15, 0.2) is 55.1 Å². The van der Waals surface area contributed by atoms with Crippen LogP contribution in [-0.4, -0.2) is 63.5 Å². The zero-order chi connectivity index (χ0) is 23.5. The number of fused-ring (bicyclic) bond motifs is 1. The van der Waals surface area contributed by atoms with E-state index in [0.717, 1.165) is 11.2 Å². The molecule has 0 radical (unpaired) electrons. The number of rotatable bonds is 5. The number of piperazine rings is 1. The number of carbonyl (C=O) groups excluding carboxylic acids is 3. The van der Waals surface area contributed by atoms with Crippen LogP contribution < -0.4 is 16.6 Å². The standard InChI is InChI=1S/C22H22FN7O3/c23-16-13-27-20(30(25)7-6-24)18-17(16)15(12-26-18)19(31)22(33)29-10-8-28(9-11-29)21(32)14-4-2-1-3-5-14/h1-7,12-13,26H,8-11,24-25H2/b7-6-. The van der Waals surface area contributed by atoms with Crippen molar-refractivity contribution in [2.45, 2.75) is 0 Å². The summed E-state index contributed by atoms with van der Waals surface area (Å²) in [6.45, 7) is 0.963. The van der Waals surface area contributed by atoms with Gasteiger partial charge >= 0.3 is 0 Å². The number of H-pyrrole nitrogens is 1. The number of ketones is 1. The topological polar surface area (TPSA) is 142 Å². The van der Waals surface area contributed by atoms with Crippen molar-refractivity contribution in [1.82, 2.24) is 19.8 Å². The summed E-state index contributed by atoms with van der Waals surface area (Å²) >= 11 is 0. The smallest absolute Gasteiger partial charge is 0.295 e. The maximum absolute atomic E-state index is 14.6. The molecule has 0 aliphatic carbocycles. The number of carbonyl (C=O) groups is 3. The summed E-state index contributed by atoms with van der Waals surface area (Å²) in [4.78, 5) is 48.1. The number of hydrogen-bond donors (Lipinski definition) is 3. The first-order chi connectivity index (χ1) is 15.9. The number of nitrogens with zero attached hydrogens (tertiary/aromatic N) is 4. The average Bonchev–Trinajstić information content (AvgIpc) is 3.30. The molecule has 4 rings (SSSR count). The molecule has 0 unspecified atom stereocenters. The average molecular weight is 451 g/mol. The molecule has 0 atom stereocenters. The van der Waals surface area contributed by atoms with E-state index in [-0.39, 0.29) is 54.4 Å². The van der Waals surface area contributed by atoms with Gasteiger partial charge in [-0.05, 0) is 12.1 Å². The second-order valence-electron chi connectivity index (χ2n) is 7.41. The van der Waals surface area contributed by atoms with Crippen LogP contribution in [0, 0.1) is 5.82 Å². The zero-order valence-corrected chi connectivity index (χ0v) is 17.6. The summed E-state index contributed by atoms with van der Waals surface area (Å²) in [5, 5.41) is 0.981. The Morgan fingerprint density at radius 3 is 2.42 bits per heavy atom. The molecule has 0 saturated carbocycles. The van der Waals surface area contributed by atoms with E-state index in [0.29, 0.717) is 5.56 Å². The van der Waals surface area contributed by atoms with Crippen molar-refractivity contribution in [1.29, 1.82) is 0 Å². The van der Waals surface area contributed by atoms with Gasteiger partial charge in [0.15, 0.2) is 11.6 Å². The van der Waals surface area contributed by atoms with Crippen LogP contribution in [0.5, 0.6) is 0 Å². The SMILES string of the molecule is N/C=C\N(N)c1ncc(F)c2c(C(=O)C(=O)N3CCN(C(=O)c4ccccc4)CC3)c[nH]c12. The number of Topliss-reactive ketones (excluding diaryl/α,β-unsaturated/α-hetero) is 1. The van der Waals surface area contributed by atoms with E-state index < -0.39 is 17.5 Å². The van der Waals surface area contributed by atoms with Gasteiger partial charge < -0.3 is 20.5 Å². The highest BCUT2D eigenvalue weighted by molar-refractivity contribution is 6.45. The summed E-state index contributed by atoms with van der Waals surface area (Å²) in [5.74, 6) is 3.43. The van der Waals surface area contributed by atoms with Gasteiger partial charge in [-0.2, -0.15) is 0 Å². The van der Waals surface area contributed by atoms with Gasteiger partial charge in [-0.15, -0.1) is 0 Å². The molecule has 1 fully saturated rings. The van der Waals surface area contributed by atoms with E-state index in [1.165, 1.54) is 23.5 Å². The van der Waals surface area contributed by atoms with Crippen molar-refractivity contribution in [3.63, 3.8) is 0 Å². The number of hydrogen-bond acceptors (Lipinski definition) is 7. The minimum absolute atomic E-state index is 0.0860. The molecule has 11 heteroatoms. The van der Waals surface area contributed by atoms with Gasteiger partial charge in [-0.25, -0.2) is 15.2 Å². The molecule has 33 heavy (non-hydrogen) atoms. The quantitative estimate of drug-likeness (QED) is 0.227. The molecule has 2 aromatic heterocycles. The molecular formula is C22H22FN7O3. The summed E-state index contributed by atoms with van der Waals surface area (Å²) < 4.78 is 14.6. The summed E-state index contributed by atoms with van der Waals surface area (Å²) in [7, 11) is 0. The number of aromatic nitrogens is 2. The van der Waals surface area contributed by atoms with Crippen molar-refractivity contribution in [3.05, 3.63) is 72.1 Å². The number of benzene rings is 1. The molecule has 0 spiro atoms. The van der Waals surface area contributed by atoms with E-state index in [1.807, 2.05) is 6.07 Å². The second kappa shape index (κ2) is 9.09. The van der Waals surface area contributed by atoms with Gasteiger partial charge in [0.1, 0.15) is 0 Å². The Labute approximate surface area is 188 Å². The fourth-order valence-corrected chi connectivity index (χ4v) is 3.77. The fourth-order valence-electron chi connectivity index (χ4n) is 3.77. The Morgan fingerprint density at radius 2 is 1.76 bits per heavy atom. The molecule has 3 aromatic rings. The molecule has 5 N–H and O–H groups in total. The predicted molar refractivity (Wildman–Crippen MR) is 119 cm³/mol. The van der Waals surface area contributed by atoms with Gasteiger partial charge in [-0.1, -0.05) is 18.2 Å². The number of anilines is 1. The van der Waals surface area contributed by atoms with Crippen molar-refractivity contribution >= 4 is 34.3 Å². The van der Waals surface area contributed by atoms with E-state index in [9.17, 15) is 18.8 Å². The van der Waals surface area contributed by atoms with Crippen LogP contribution in [0.1, 0.15) is 20.7 Å². The number of nitrogens with two attached hydrogens (primary N) is 2. The Kier molecular flexibility index (Phi) is 6.05. The third-order valence-corrected chi connectivity index (χ3v) is 5.45. The van der Waals surface area contributed by atoms with E-state index in [2.05, 4.69) is 9.97 Å². The van der Waals surface area contributed by atoms with Crippen molar-refractivity contribution in [2.24, 2.45) is 11.6 Å². The van der Waals surface area contributed by atoms with Crippen LogP contribution in [0.4, 0.5) is 10.2 Å². The lowest BCUT2D eigenvalue weighted by Gasteiger charge is -2.34. The summed E-state index contributed by atoms with van der Waals surface area (Å²) in [6, 6.07) is 8.84. The first-order valence-electron chi connectivity index (χ1n) is 10.2. The molecule has 1 aliphatic heterocycles. The van der Waals surface area contributed by atoms with Gasteiger partial charge in [0.2, 0.25) is 0 Å². The lowest BCUT2D eigenvalue weighted by molar-refractivity contribution is -0.127. The van der Waals surface area contributed by atoms with Gasteiger partial charge in [0.05, 0.1) is 22.7 Å². The number of pyridine rings is 1. The Balaban J connectivity index is 1.51. The molecule has 2 amide bonds. The lowest BCUT2D eigenvalue weighted by atomic mass is 10.1. The molecule has 1 aromatic carbocycles. The highest BCUT2D eigenvalue weighted by Gasteiger charge is 2.31. The van der Waals surface area contributed by atoms with E-state index in [1.54, 1.807) is 29.2 Å². The van der Waals surface area contributed by atoms with Crippen LogP contribution >= 0.6 is 0 Å². The fraction of sp³-hybridized carbons (Fsp3) is 0.182. The minimum Gasteiger partial charge on any atom is -0.403 e. The van der Waals surface area contributed by atoms with Gasteiger partial charge in [-0.3, -0.25) is 19.4 Å². The van der Waals surface area contributed by atoms with Crippen LogP contribution in [0.25, 0.3) is 10.9 Å². The molecule has 0 bridgehead atoms. The van der Waals surface area contributed by atoms with E-state index in [4.69, 9.17) is 11.6 Å². The maximum Gasteiger partial charge on any atom is 0.295 e. The predicted octanol–water partition coefficient (Wildman–Crippen LogP) is 0.979. The molecule has 3 heterocycles. The Bertz CT molecular complexity index is 1230. The normalized spacial score (nSPS) is 14.1. The lowest BCUT2D eigenvalue weighted by Crippen LogP contribution is -2.52. The number of nitrogens with one attached hydrogen (secondary N) is 1. The van der Waals surface area contributed by atoms with Crippen molar-refractivity contribution in [2.75, 3.05) is 31.2 Å². The van der Waals surface area contributed by atoms with Gasteiger partial charge in [0.25, 0.3) is 17.6 Å². The minimum atomic E-state index is -0.863. The first kappa shape index (κ1) is 22.0. The largest absolute Gasteiger partial charge is 0.403 e. The summed E-state index contributed by atoms with van der Waals surface area (Å²) in [5.41, 5.74) is 5.93. The molecule has 1 aliphatic rings. The van der Waals surface area contributed by atoms with Crippen molar-refractivity contribution in [3.8, 4) is 0 Å². The highest BCUT2D eigenvalue weighted by Crippen LogP contribution is 2.28. The molecule has 1 saturated heterocycles. The molecule has 10 nitrogen and oxygen atoms in total. The number of halogens is 1. The highest BCUT2D eigenvalue weighted by atomic mass is 19.1. The third-order valence-electron chi connectivity index (χ3n) is 5.45. The zero-order valence-electron chi connectivity index (χ0n) is 17.6. The second-order valence-corrected chi connectivity index (χ2v) is 7.41. The van der Waals surface area contributed by atoms with Crippen LogP contribution in [-0.2, 0) is 4.79 Å². The maximum atomic E-state index is 14.6. The number of aromatic amines is 1. The van der Waals surface area contributed by atoms with E-state index >= 15 is 0 Å². The first-order valence-corrected chi connectivity index (χ1v) is 10.2. The van der Waals surface area contributed by atoms with Crippen LogP contribution in [0.3, 0.4) is 0 Å². The molecular weight excluding hydrogens is 429 g/mol. The Hall–Kier alpha value is -4.25. The monoisotopic (exact) mass is 451 g/mol. The number of amides is 2. The summed E-state index contributed by atoms with van der Waals surface area (Å²) in [6.07, 6.45) is 4.67. The molecule has 170 valence electrons. The number of hydrazine groups is 1. The van der Waals surface area contributed by atoms with Crippen molar-refractivity contribution < 1.29 is 18.8 Å². The van der Waals surface area contributed by atoms with Gasteiger partial charge in [0, 0.05) is 50.3 Å².